The number of ether oxygens (including phenoxy) is 1. The summed E-state index contributed by atoms with van der Waals surface area (Å²) in [6.45, 7) is 7.37. The molecule has 0 aromatic rings. The molecule has 1 heterocycles. The lowest BCUT2D eigenvalue weighted by molar-refractivity contribution is -0.156. The van der Waals surface area contributed by atoms with Crippen LogP contribution in [-0.4, -0.2) is 41.1 Å². The van der Waals surface area contributed by atoms with E-state index in [4.69, 9.17) is 22.7 Å². The van der Waals surface area contributed by atoms with Crippen LogP contribution in [0.15, 0.2) is 0 Å². The molecule has 5 heteroatoms. The van der Waals surface area contributed by atoms with Crippen molar-refractivity contribution in [2.24, 2.45) is 17.1 Å². The van der Waals surface area contributed by atoms with E-state index in [2.05, 4.69) is 6.92 Å². The maximum absolute atomic E-state index is 12.7. The summed E-state index contributed by atoms with van der Waals surface area (Å²) in [5, 5.41) is 0. The Hall–Kier alpha value is -0.680. The predicted octanol–water partition coefficient (Wildman–Crippen LogP) is 1.32. The van der Waals surface area contributed by atoms with Gasteiger partial charge in [-0.05, 0) is 32.6 Å². The number of rotatable bonds is 2. The van der Waals surface area contributed by atoms with Crippen LogP contribution in [0.3, 0.4) is 0 Å². The maximum atomic E-state index is 12.7. The largest absolute Gasteiger partial charge is 0.392 e. The standard InChI is InChI=1S/C13H22N2O2S/c1-8-4-13(5-8,11(14)18)12(16)15-6-10(3)17-7-9(15)2/h8-10H,4-7H2,1-3H3,(H2,14,18). The zero-order valence-electron chi connectivity index (χ0n) is 11.3. The van der Waals surface area contributed by atoms with Gasteiger partial charge in [-0.3, -0.25) is 4.79 Å². The van der Waals surface area contributed by atoms with Crippen LogP contribution < -0.4 is 5.73 Å². The first-order valence-electron chi connectivity index (χ1n) is 6.59. The van der Waals surface area contributed by atoms with Crippen molar-refractivity contribution in [2.45, 2.75) is 45.8 Å². The lowest BCUT2D eigenvalue weighted by atomic mass is 9.61. The first-order chi connectivity index (χ1) is 8.36. The highest BCUT2D eigenvalue weighted by Crippen LogP contribution is 2.47. The van der Waals surface area contributed by atoms with Crippen molar-refractivity contribution < 1.29 is 9.53 Å². The summed E-state index contributed by atoms with van der Waals surface area (Å²) in [6.07, 6.45) is 1.67. The van der Waals surface area contributed by atoms with Gasteiger partial charge in [0.25, 0.3) is 0 Å². The van der Waals surface area contributed by atoms with Crippen LogP contribution in [-0.2, 0) is 9.53 Å². The van der Waals surface area contributed by atoms with Gasteiger partial charge in [-0.2, -0.15) is 0 Å². The number of thiocarbonyl (C=S) groups is 1. The fourth-order valence-corrected chi connectivity index (χ4v) is 3.33. The lowest BCUT2D eigenvalue weighted by Gasteiger charge is -2.49. The topological polar surface area (TPSA) is 55.6 Å². The molecule has 1 saturated carbocycles. The number of nitrogens with two attached hydrogens (primary N) is 1. The van der Waals surface area contributed by atoms with Crippen LogP contribution in [0.2, 0.25) is 0 Å². The van der Waals surface area contributed by atoms with Crippen LogP contribution in [0.25, 0.3) is 0 Å². The first-order valence-corrected chi connectivity index (χ1v) is 7.00. The Morgan fingerprint density at radius 1 is 1.39 bits per heavy atom. The summed E-state index contributed by atoms with van der Waals surface area (Å²) < 4.78 is 5.56. The molecule has 2 N–H and O–H groups in total. The quantitative estimate of drug-likeness (QED) is 0.769. The fourth-order valence-electron chi connectivity index (χ4n) is 3.07. The van der Waals surface area contributed by atoms with Crippen molar-refractivity contribution in [1.82, 2.24) is 4.90 Å². The summed E-state index contributed by atoms with van der Waals surface area (Å²) >= 11 is 5.15. The van der Waals surface area contributed by atoms with Crippen LogP contribution in [0.4, 0.5) is 0 Å². The number of hydrogen-bond acceptors (Lipinski definition) is 3. The van der Waals surface area contributed by atoms with E-state index < -0.39 is 5.41 Å². The Bertz CT molecular complexity index is 366. The number of hydrogen-bond donors (Lipinski definition) is 1. The Morgan fingerprint density at radius 3 is 2.50 bits per heavy atom. The van der Waals surface area contributed by atoms with Crippen molar-refractivity contribution in [1.29, 1.82) is 0 Å². The summed E-state index contributed by atoms with van der Waals surface area (Å²) in [5.41, 5.74) is 5.25. The number of carbonyl (C=O) groups is 1. The van der Waals surface area contributed by atoms with Gasteiger partial charge < -0.3 is 15.4 Å². The van der Waals surface area contributed by atoms with E-state index in [1.54, 1.807) is 0 Å². The molecule has 1 saturated heterocycles. The number of carbonyl (C=O) groups excluding carboxylic acids is 1. The number of nitrogens with zero attached hydrogens (tertiary/aromatic N) is 1. The predicted molar refractivity (Wildman–Crippen MR) is 74.2 cm³/mol. The summed E-state index contributed by atoms with van der Waals surface area (Å²) in [7, 11) is 0. The second-order valence-electron chi connectivity index (χ2n) is 5.91. The van der Waals surface area contributed by atoms with E-state index in [0.717, 1.165) is 12.8 Å². The zero-order valence-corrected chi connectivity index (χ0v) is 12.1. The Morgan fingerprint density at radius 2 is 2.00 bits per heavy atom. The third-order valence-corrected chi connectivity index (χ3v) is 4.53. The van der Waals surface area contributed by atoms with Gasteiger partial charge in [0, 0.05) is 6.54 Å². The van der Waals surface area contributed by atoms with Gasteiger partial charge in [0.2, 0.25) is 5.91 Å². The third-order valence-electron chi connectivity index (χ3n) is 4.14. The highest BCUT2D eigenvalue weighted by atomic mass is 32.1. The minimum Gasteiger partial charge on any atom is -0.392 e. The van der Waals surface area contributed by atoms with Crippen molar-refractivity contribution in [2.75, 3.05) is 13.2 Å². The Balaban J connectivity index is 2.16. The summed E-state index contributed by atoms with van der Waals surface area (Å²) in [5.74, 6) is 0.639. The third kappa shape index (κ3) is 2.14. The summed E-state index contributed by atoms with van der Waals surface area (Å²) in [6, 6.07) is 0.107. The van der Waals surface area contributed by atoms with E-state index in [1.807, 2.05) is 18.7 Å². The molecule has 4 nitrogen and oxygen atoms in total. The molecule has 0 bridgehead atoms. The first kappa shape index (κ1) is 13.7. The molecule has 2 rings (SSSR count). The van der Waals surface area contributed by atoms with Crippen molar-refractivity contribution >= 4 is 23.1 Å². The van der Waals surface area contributed by atoms with E-state index in [-0.39, 0.29) is 18.1 Å². The Kier molecular flexibility index (Phi) is 3.65. The second kappa shape index (κ2) is 4.78. The molecule has 0 aromatic heterocycles. The van der Waals surface area contributed by atoms with Crippen molar-refractivity contribution in [3.63, 3.8) is 0 Å². The molecular formula is C13H22N2O2S. The van der Waals surface area contributed by atoms with Gasteiger partial charge in [-0.1, -0.05) is 19.1 Å². The molecule has 2 atom stereocenters. The second-order valence-corrected chi connectivity index (χ2v) is 6.35. The van der Waals surface area contributed by atoms with E-state index in [9.17, 15) is 4.79 Å². The molecule has 102 valence electrons. The number of amides is 1. The van der Waals surface area contributed by atoms with Crippen LogP contribution in [0.5, 0.6) is 0 Å². The molecule has 1 amide bonds. The average Bonchev–Trinajstić information content (AvgIpc) is 2.26. The van der Waals surface area contributed by atoms with Crippen molar-refractivity contribution in [3.8, 4) is 0 Å². The highest BCUT2D eigenvalue weighted by molar-refractivity contribution is 7.80. The molecule has 18 heavy (non-hydrogen) atoms. The molecule has 0 spiro atoms. The molecule has 2 unspecified atom stereocenters. The van der Waals surface area contributed by atoms with Crippen molar-refractivity contribution in [3.05, 3.63) is 0 Å². The fraction of sp³-hybridized carbons (Fsp3) is 0.846. The molecule has 2 aliphatic rings. The molecule has 0 radical (unpaired) electrons. The van der Waals surface area contributed by atoms with Crippen LogP contribution in [0.1, 0.15) is 33.6 Å². The molecular weight excluding hydrogens is 248 g/mol. The monoisotopic (exact) mass is 270 g/mol. The van der Waals surface area contributed by atoms with Gasteiger partial charge in [0.05, 0.1) is 29.2 Å². The maximum Gasteiger partial charge on any atom is 0.236 e. The van der Waals surface area contributed by atoms with Crippen LogP contribution in [0, 0.1) is 11.3 Å². The van der Waals surface area contributed by atoms with E-state index in [0.29, 0.717) is 24.1 Å². The minimum absolute atomic E-state index is 0.0889. The van der Waals surface area contributed by atoms with Gasteiger partial charge in [-0.25, -0.2) is 0 Å². The SMILES string of the molecule is CC1CC(C(=O)N2CC(C)OCC2C)(C(N)=S)C1. The zero-order chi connectivity index (χ0) is 13.5. The highest BCUT2D eigenvalue weighted by Gasteiger charge is 2.53. The Labute approximate surface area is 114 Å². The van der Waals surface area contributed by atoms with E-state index in [1.165, 1.54) is 0 Å². The minimum atomic E-state index is -0.583. The molecule has 0 aromatic carbocycles. The summed E-state index contributed by atoms with van der Waals surface area (Å²) in [4.78, 5) is 15.0. The smallest absolute Gasteiger partial charge is 0.236 e. The lowest BCUT2D eigenvalue weighted by Crippen LogP contribution is -2.61. The number of morpholine rings is 1. The van der Waals surface area contributed by atoms with Gasteiger partial charge >= 0.3 is 0 Å². The van der Waals surface area contributed by atoms with Gasteiger partial charge in [0.15, 0.2) is 0 Å². The normalized spacial score (nSPS) is 40.2. The van der Waals surface area contributed by atoms with Crippen LogP contribution >= 0.6 is 12.2 Å². The molecule has 2 fully saturated rings. The molecule has 1 aliphatic heterocycles. The van der Waals surface area contributed by atoms with Gasteiger partial charge in [0.1, 0.15) is 0 Å². The van der Waals surface area contributed by atoms with E-state index >= 15 is 0 Å². The average molecular weight is 270 g/mol. The molecule has 1 aliphatic carbocycles. The van der Waals surface area contributed by atoms with Gasteiger partial charge in [-0.15, -0.1) is 0 Å².